The molecule has 0 aromatic heterocycles. The number of benzene rings is 1. The van der Waals surface area contributed by atoms with Gasteiger partial charge in [-0.15, -0.1) is 0 Å². The largest absolute Gasteiger partial charge is 0.487 e. The summed E-state index contributed by atoms with van der Waals surface area (Å²) in [5.74, 6) is 1.000. The Morgan fingerprint density at radius 3 is 2.86 bits per heavy atom. The van der Waals surface area contributed by atoms with E-state index in [0.29, 0.717) is 18.3 Å². The molecule has 0 amide bonds. The van der Waals surface area contributed by atoms with Crippen molar-refractivity contribution >= 4 is 0 Å². The summed E-state index contributed by atoms with van der Waals surface area (Å²) in [6.07, 6.45) is 8.49. The molecule has 2 aliphatic carbocycles. The van der Waals surface area contributed by atoms with Crippen molar-refractivity contribution in [3.63, 3.8) is 0 Å². The fourth-order valence-electron chi connectivity index (χ4n) is 3.25. The standard InChI is InChI=1S/C18H26FNO/c1-2-13-5-3-7-16(11-13)21-18-14(6-4-8-17(18)19)12-20-15-9-10-15/h4,6,8,13,15-16,20H,2-3,5,7,9-12H2,1H3. The lowest BCUT2D eigenvalue weighted by atomic mass is 9.85. The SMILES string of the molecule is CCC1CCCC(Oc2c(F)cccc2CNC2CC2)C1. The fraction of sp³-hybridized carbons (Fsp3) is 0.667. The third-order valence-electron chi connectivity index (χ3n) is 4.80. The second-order valence-electron chi connectivity index (χ2n) is 6.56. The maximum atomic E-state index is 14.2. The highest BCUT2D eigenvalue weighted by atomic mass is 19.1. The van der Waals surface area contributed by atoms with Gasteiger partial charge >= 0.3 is 0 Å². The van der Waals surface area contributed by atoms with Gasteiger partial charge in [-0.25, -0.2) is 4.39 Å². The summed E-state index contributed by atoms with van der Waals surface area (Å²) < 4.78 is 20.3. The quantitative estimate of drug-likeness (QED) is 0.837. The maximum Gasteiger partial charge on any atom is 0.165 e. The molecule has 1 N–H and O–H groups in total. The monoisotopic (exact) mass is 291 g/mol. The number of hydrogen-bond acceptors (Lipinski definition) is 2. The second kappa shape index (κ2) is 6.78. The number of para-hydroxylation sites is 1. The van der Waals surface area contributed by atoms with Gasteiger partial charge in [0.25, 0.3) is 0 Å². The van der Waals surface area contributed by atoms with Crippen molar-refractivity contribution in [1.29, 1.82) is 0 Å². The molecule has 3 heteroatoms. The van der Waals surface area contributed by atoms with E-state index in [1.165, 1.54) is 38.2 Å². The topological polar surface area (TPSA) is 21.3 Å². The fourth-order valence-corrected chi connectivity index (χ4v) is 3.25. The summed E-state index contributed by atoms with van der Waals surface area (Å²) in [6.45, 7) is 2.95. The smallest absolute Gasteiger partial charge is 0.165 e. The molecular weight excluding hydrogens is 265 g/mol. The lowest BCUT2D eigenvalue weighted by molar-refractivity contribution is 0.116. The first-order valence-electron chi connectivity index (χ1n) is 8.43. The number of rotatable bonds is 6. The molecule has 2 unspecified atom stereocenters. The first-order chi connectivity index (χ1) is 10.3. The Balaban J connectivity index is 1.67. The molecule has 3 rings (SSSR count). The number of hydrogen-bond donors (Lipinski definition) is 1. The van der Waals surface area contributed by atoms with Crippen LogP contribution in [0.1, 0.15) is 57.4 Å². The summed E-state index contributed by atoms with van der Waals surface area (Å²) in [4.78, 5) is 0. The van der Waals surface area contributed by atoms with Crippen LogP contribution in [0.25, 0.3) is 0 Å². The highest BCUT2D eigenvalue weighted by Crippen LogP contribution is 2.32. The molecule has 21 heavy (non-hydrogen) atoms. The summed E-state index contributed by atoms with van der Waals surface area (Å²) in [5.41, 5.74) is 0.959. The first-order valence-corrected chi connectivity index (χ1v) is 8.43. The molecule has 2 saturated carbocycles. The third kappa shape index (κ3) is 3.97. The minimum Gasteiger partial charge on any atom is -0.487 e. The van der Waals surface area contributed by atoms with Gasteiger partial charge in [-0.2, -0.15) is 0 Å². The average Bonchev–Trinajstić information content (AvgIpc) is 3.32. The van der Waals surface area contributed by atoms with Gasteiger partial charge in [-0.05, 0) is 44.1 Å². The molecule has 2 atom stereocenters. The van der Waals surface area contributed by atoms with E-state index >= 15 is 0 Å². The van der Waals surface area contributed by atoms with Gasteiger partial charge in [-0.1, -0.05) is 31.9 Å². The Bertz CT molecular complexity index is 472. The van der Waals surface area contributed by atoms with E-state index in [-0.39, 0.29) is 11.9 Å². The minimum atomic E-state index is -0.219. The van der Waals surface area contributed by atoms with E-state index in [1.807, 2.05) is 6.07 Å². The highest BCUT2D eigenvalue weighted by molar-refractivity contribution is 5.35. The van der Waals surface area contributed by atoms with Crippen LogP contribution < -0.4 is 10.1 Å². The molecule has 0 saturated heterocycles. The van der Waals surface area contributed by atoms with Gasteiger partial charge in [-0.3, -0.25) is 0 Å². The van der Waals surface area contributed by atoms with Gasteiger partial charge in [0.1, 0.15) is 0 Å². The molecule has 2 nitrogen and oxygen atoms in total. The molecule has 2 fully saturated rings. The molecular formula is C18H26FNO. The first kappa shape index (κ1) is 14.8. The molecule has 0 bridgehead atoms. The molecule has 0 heterocycles. The van der Waals surface area contributed by atoms with Gasteiger partial charge < -0.3 is 10.1 Å². The number of nitrogens with one attached hydrogen (secondary N) is 1. The van der Waals surface area contributed by atoms with Gasteiger partial charge in [0.05, 0.1) is 6.10 Å². The van der Waals surface area contributed by atoms with Gasteiger partial charge in [0, 0.05) is 18.2 Å². The molecule has 2 aliphatic rings. The predicted molar refractivity (Wildman–Crippen MR) is 82.9 cm³/mol. The summed E-state index contributed by atoms with van der Waals surface area (Å²) >= 11 is 0. The lowest BCUT2D eigenvalue weighted by Crippen LogP contribution is -2.26. The highest BCUT2D eigenvalue weighted by Gasteiger charge is 2.25. The van der Waals surface area contributed by atoms with Crippen molar-refractivity contribution in [3.8, 4) is 5.75 Å². The Labute approximate surface area is 127 Å². The zero-order valence-corrected chi connectivity index (χ0v) is 12.9. The molecule has 1 aromatic rings. The van der Waals surface area contributed by atoms with Crippen molar-refractivity contribution in [1.82, 2.24) is 5.32 Å². The Hall–Kier alpha value is -1.09. The zero-order valence-electron chi connectivity index (χ0n) is 12.9. The van der Waals surface area contributed by atoms with Crippen molar-refractivity contribution in [2.24, 2.45) is 5.92 Å². The van der Waals surface area contributed by atoms with Crippen molar-refractivity contribution in [2.75, 3.05) is 0 Å². The molecule has 0 aliphatic heterocycles. The second-order valence-corrected chi connectivity index (χ2v) is 6.56. The number of ether oxygens (including phenoxy) is 1. The van der Waals surface area contributed by atoms with Crippen LogP contribution in [0, 0.1) is 11.7 Å². The van der Waals surface area contributed by atoms with E-state index in [4.69, 9.17) is 4.74 Å². The normalized spacial score (nSPS) is 25.8. The van der Waals surface area contributed by atoms with E-state index in [2.05, 4.69) is 12.2 Å². The van der Waals surface area contributed by atoms with Crippen LogP contribution >= 0.6 is 0 Å². The van der Waals surface area contributed by atoms with Crippen molar-refractivity contribution < 1.29 is 9.13 Å². The lowest BCUT2D eigenvalue weighted by Gasteiger charge is -2.29. The van der Waals surface area contributed by atoms with E-state index in [0.717, 1.165) is 24.3 Å². The van der Waals surface area contributed by atoms with Gasteiger partial charge in [0.15, 0.2) is 11.6 Å². The Kier molecular flexibility index (Phi) is 4.79. The number of halogens is 1. The van der Waals surface area contributed by atoms with Crippen LogP contribution in [-0.2, 0) is 6.54 Å². The molecule has 0 spiro atoms. The maximum absolute atomic E-state index is 14.2. The van der Waals surface area contributed by atoms with Crippen LogP contribution in [0.2, 0.25) is 0 Å². The predicted octanol–water partition coefficient (Wildman–Crippen LogP) is 4.43. The third-order valence-corrected chi connectivity index (χ3v) is 4.80. The Morgan fingerprint density at radius 2 is 2.10 bits per heavy atom. The average molecular weight is 291 g/mol. The van der Waals surface area contributed by atoms with Crippen molar-refractivity contribution in [3.05, 3.63) is 29.6 Å². The van der Waals surface area contributed by atoms with Crippen LogP contribution in [-0.4, -0.2) is 12.1 Å². The van der Waals surface area contributed by atoms with Crippen LogP contribution in [0.5, 0.6) is 5.75 Å². The molecule has 1 aromatic carbocycles. The zero-order chi connectivity index (χ0) is 14.7. The van der Waals surface area contributed by atoms with Crippen LogP contribution in [0.3, 0.4) is 0 Å². The van der Waals surface area contributed by atoms with E-state index in [1.54, 1.807) is 6.07 Å². The molecule has 116 valence electrons. The summed E-state index contributed by atoms with van der Waals surface area (Å²) in [6, 6.07) is 5.89. The van der Waals surface area contributed by atoms with Crippen molar-refractivity contribution in [2.45, 2.75) is 70.6 Å². The molecule has 0 radical (unpaired) electrons. The summed E-state index contributed by atoms with van der Waals surface area (Å²) in [7, 11) is 0. The van der Waals surface area contributed by atoms with Crippen LogP contribution in [0.15, 0.2) is 18.2 Å². The Morgan fingerprint density at radius 1 is 1.24 bits per heavy atom. The van der Waals surface area contributed by atoms with Crippen LogP contribution in [0.4, 0.5) is 4.39 Å². The van der Waals surface area contributed by atoms with E-state index < -0.39 is 0 Å². The van der Waals surface area contributed by atoms with E-state index in [9.17, 15) is 4.39 Å². The summed E-state index contributed by atoms with van der Waals surface area (Å²) in [5, 5.41) is 3.45. The minimum absolute atomic E-state index is 0.181. The van der Waals surface area contributed by atoms with Gasteiger partial charge in [0.2, 0.25) is 0 Å².